The van der Waals surface area contributed by atoms with Gasteiger partial charge < -0.3 is 9.47 Å². The number of halogens is 1. The molecule has 0 saturated carbocycles. The third kappa shape index (κ3) is 4.49. The van der Waals surface area contributed by atoms with Gasteiger partial charge in [-0.25, -0.2) is 4.39 Å². The minimum absolute atomic E-state index is 0.330. The zero-order chi connectivity index (χ0) is 15.8. The largest absolute Gasteiger partial charge is 0.494 e. The van der Waals surface area contributed by atoms with Crippen molar-refractivity contribution in [3.05, 3.63) is 59.9 Å². The Bertz CT molecular complexity index is 652. The van der Waals surface area contributed by atoms with Crippen molar-refractivity contribution in [3.63, 3.8) is 0 Å². The fraction of sp³-hybridized carbons (Fsp3) is 0.278. The van der Waals surface area contributed by atoms with E-state index in [0.29, 0.717) is 30.9 Å². The quantitative estimate of drug-likeness (QED) is 0.765. The van der Waals surface area contributed by atoms with E-state index in [1.54, 1.807) is 12.1 Å². The summed E-state index contributed by atoms with van der Waals surface area (Å²) in [5.41, 5.74) is 0.675. The topological polar surface area (TPSA) is 42.2 Å². The molecule has 2 aromatic carbocycles. The van der Waals surface area contributed by atoms with Crippen LogP contribution in [0.15, 0.2) is 48.5 Å². The lowest BCUT2D eigenvalue weighted by atomic mass is 9.98. The Hall–Kier alpha value is -2.54. The summed E-state index contributed by atoms with van der Waals surface area (Å²) in [4.78, 5) is 0. The lowest BCUT2D eigenvalue weighted by molar-refractivity contribution is 0.299. The lowest BCUT2D eigenvalue weighted by Crippen LogP contribution is -2.05. The van der Waals surface area contributed by atoms with Gasteiger partial charge in [0.05, 0.1) is 25.2 Å². The molecule has 0 fully saturated rings. The Labute approximate surface area is 129 Å². The molecule has 4 heteroatoms. The normalized spacial score (nSPS) is 11.5. The molecule has 0 amide bonds. The summed E-state index contributed by atoms with van der Waals surface area (Å²) < 4.78 is 24.3. The fourth-order valence-electron chi connectivity index (χ4n) is 2.14. The summed E-state index contributed by atoms with van der Waals surface area (Å²) in [6.45, 7) is 2.90. The molecule has 0 radical (unpaired) electrons. The number of nitrogens with zero attached hydrogens (tertiary/aromatic N) is 1. The molecule has 114 valence electrons. The summed E-state index contributed by atoms with van der Waals surface area (Å²) in [5, 5.41) is 9.23. The van der Waals surface area contributed by atoms with Crippen molar-refractivity contribution in [1.29, 1.82) is 5.26 Å². The number of hydrogen-bond donors (Lipinski definition) is 0. The Balaban J connectivity index is 1.92. The summed E-state index contributed by atoms with van der Waals surface area (Å²) in [5.74, 6) is 0.734. The molecule has 0 spiro atoms. The maximum Gasteiger partial charge on any atom is 0.123 e. The molecular weight excluding hydrogens is 281 g/mol. The van der Waals surface area contributed by atoms with Crippen molar-refractivity contribution < 1.29 is 13.9 Å². The van der Waals surface area contributed by atoms with Crippen LogP contribution in [-0.4, -0.2) is 13.2 Å². The number of rotatable bonds is 7. The summed E-state index contributed by atoms with van der Waals surface area (Å²) in [7, 11) is 0. The van der Waals surface area contributed by atoms with E-state index >= 15 is 0 Å². The van der Waals surface area contributed by atoms with E-state index < -0.39 is 0 Å². The SMILES string of the molecule is CCOc1cccc(OCCC(C#N)c2cccc(F)c2)c1. The lowest BCUT2D eigenvalue weighted by Gasteiger charge is -2.12. The van der Waals surface area contributed by atoms with Crippen molar-refractivity contribution in [2.45, 2.75) is 19.3 Å². The molecule has 0 aromatic heterocycles. The first-order valence-electron chi connectivity index (χ1n) is 7.23. The van der Waals surface area contributed by atoms with Gasteiger partial charge in [-0.1, -0.05) is 18.2 Å². The minimum atomic E-state index is -0.384. The predicted octanol–water partition coefficient (Wildman–Crippen LogP) is 4.30. The summed E-state index contributed by atoms with van der Waals surface area (Å²) in [6.07, 6.45) is 0.499. The van der Waals surface area contributed by atoms with Gasteiger partial charge in [0.15, 0.2) is 0 Å². The molecule has 0 N–H and O–H groups in total. The summed E-state index contributed by atoms with van der Waals surface area (Å²) in [6, 6.07) is 15.7. The van der Waals surface area contributed by atoms with Crippen LogP contribution in [0.2, 0.25) is 0 Å². The standard InChI is InChI=1S/C18H18FNO2/c1-2-21-17-7-4-8-18(12-17)22-10-9-15(13-20)14-5-3-6-16(19)11-14/h3-8,11-12,15H,2,9-10H2,1H3. The molecule has 0 aliphatic rings. The number of ether oxygens (including phenoxy) is 2. The van der Waals surface area contributed by atoms with Gasteiger partial charge in [0.1, 0.15) is 17.3 Å². The second-order valence-corrected chi connectivity index (χ2v) is 4.78. The number of nitriles is 1. The second kappa shape index (κ2) is 8.04. The monoisotopic (exact) mass is 299 g/mol. The van der Waals surface area contributed by atoms with Crippen molar-refractivity contribution in [1.82, 2.24) is 0 Å². The van der Waals surface area contributed by atoms with E-state index in [2.05, 4.69) is 6.07 Å². The average molecular weight is 299 g/mol. The van der Waals surface area contributed by atoms with Crippen LogP contribution in [0.1, 0.15) is 24.8 Å². The van der Waals surface area contributed by atoms with Crippen LogP contribution in [0.3, 0.4) is 0 Å². The third-order valence-corrected chi connectivity index (χ3v) is 3.20. The summed E-state index contributed by atoms with van der Waals surface area (Å²) >= 11 is 0. The van der Waals surface area contributed by atoms with Gasteiger partial charge in [-0.3, -0.25) is 0 Å². The van der Waals surface area contributed by atoms with Crippen molar-refractivity contribution in [3.8, 4) is 17.6 Å². The molecule has 1 unspecified atom stereocenters. The molecule has 1 atom stereocenters. The molecule has 0 heterocycles. The highest BCUT2D eigenvalue weighted by atomic mass is 19.1. The fourth-order valence-corrected chi connectivity index (χ4v) is 2.14. The van der Waals surface area contributed by atoms with Crippen LogP contribution < -0.4 is 9.47 Å². The van der Waals surface area contributed by atoms with Gasteiger partial charge in [-0.2, -0.15) is 5.26 Å². The van der Waals surface area contributed by atoms with E-state index in [-0.39, 0.29) is 11.7 Å². The van der Waals surface area contributed by atoms with Gasteiger partial charge in [0.25, 0.3) is 0 Å². The highest BCUT2D eigenvalue weighted by Crippen LogP contribution is 2.22. The van der Waals surface area contributed by atoms with E-state index in [9.17, 15) is 9.65 Å². The van der Waals surface area contributed by atoms with E-state index in [0.717, 1.165) is 5.75 Å². The zero-order valence-corrected chi connectivity index (χ0v) is 12.5. The van der Waals surface area contributed by atoms with Crippen molar-refractivity contribution >= 4 is 0 Å². The molecule has 0 aliphatic carbocycles. The van der Waals surface area contributed by atoms with Gasteiger partial charge in [0, 0.05) is 12.5 Å². The van der Waals surface area contributed by atoms with Crippen LogP contribution in [0.5, 0.6) is 11.5 Å². The van der Waals surface area contributed by atoms with Crippen LogP contribution in [0, 0.1) is 17.1 Å². The second-order valence-electron chi connectivity index (χ2n) is 4.78. The maximum absolute atomic E-state index is 13.2. The van der Waals surface area contributed by atoms with E-state index in [1.165, 1.54) is 12.1 Å². The number of benzene rings is 2. The van der Waals surface area contributed by atoms with Crippen molar-refractivity contribution in [2.75, 3.05) is 13.2 Å². The van der Waals surface area contributed by atoms with Gasteiger partial charge in [0.2, 0.25) is 0 Å². The molecular formula is C18H18FNO2. The van der Waals surface area contributed by atoms with Crippen molar-refractivity contribution in [2.24, 2.45) is 0 Å². The smallest absolute Gasteiger partial charge is 0.123 e. The first-order chi connectivity index (χ1) is 10.7. The molecule has 0 bridgehead atoms. The Morgan fingerprint density at radius 1 is 1.09 bits per heavy atom. The molecule has 2 rings (SSSR count). The first kappa shape index (κ1) is 15.8. The van der Waals surface area contributed by atoms with Crippen LogP contribution in [-0.2, 0) is 0 Å². The predicted molar refractivity (Wildman–Crippen MR) is 82.5 cm³/mol. The van der Waals surface area contributed by atoms with Gasteiger partial charge in [-0.15, -0.1) is 0 Å². The van der Waals surface area contributed by atoms with Crippen LogP contribution in [0.4, 0.5) is 4.39 Å². The molecule has 0 aliphatic heterocycles. The molecule has 2 aromatic rings. The van der Waals surface area contributed by atoms with E-state index in [1.807, 2.05) is 31.2 Å². The Morgan fingerprint density at radius 2 is 1.82 bits per heavy atom. The minimum Gasteiger partial charge on any atom is -0.494 e. The molecule has 22 heavy (non-hydrogen) atoms. The Kier molecular flexibility index (Phi) is 5.79. The first-order valence-corrected chi connectivity index (χ1v) is 7.23. The highest BCUT2D eigenvalue weighted by Gasteiger charge is 2.11. The zero-order valence-electron chi connectivity index (χ0n) is 12.5. The molecule has 3 nitrogen and oxygen atoms in total. The van der Waals surface area contributed by atoms with E-state index in [4.69, 9.17) is 9.47 Å². The van der Waals surface area contributed by atoms with Crippen LogP contribution in [0.25, 0.3) is 0 Å². The van der Waals surface area contributed by atoms with Crippen LogP contribution >= 0.6 is 0 Å². The average Bonchev–Trinajstić information content (AvgIpc) is 2.52. The third-order valence-electron chi connectivity index (χ3n) is 3.20. The Morgan fingerprint density at radius 3 is 2.50 bits per heavy atom. The maximum atomic E-state index is 13.2. The molecule has 0 saturated heterocycles. The number of hydrogen-bond acceptors (Lipinski definition) is 3. The van der Waals surface area contributed by atoms with Gasteiger partial charge >= 0.3 is 0 Å². The highest BCUT2D eigenvalue weighted by molar-refractivity contribution is 5.33. The van der Waals surface area contributed by atoms with Gasteiger partial charge in [-0.05, 0) is 36.8 Å².